The zero-order valence-electron chi connectivity index (χ0n) is 20.2. The fourth-order valence-corrected chi connectivity index (χ4v) is 4.67. The molecule has 1 aromatic heterocycles. The molecule has 196 valence electrons. The summed E-state index contributed by atoms with van der Waals surface area (Å²) in [7, 11) is 0. The Morgan fingerprint density at radius 3 is 2.30 bits per heavy atom. The van der Waals surface area contributed by atoms with Crippen LogP contribution in [0.1, 0.15) is 66.1 Å². The van der Waals surface area contributed by atoms with Crippen LogP contribution in [-0.2, 0) is 11.0 Å². The average molecular weight is 515 g/mol. The maximum Gasteiger partial charge on any atom is 0.419 e. The number of carbonyl (C=O) groups excluding carboxylic acids is 1. The molecule has 0 aliphatic heterocycles. The third-order valence-electron chi connectivity index (χ3n) is 6.64. The second-order valence-electron chi connectivity index (χ2n) is 9.26. The minimum Gasteiger partial charge on any atom is -0.481 e. The number of aliphatic carboxylic acids is 1. The number of rotatable bonds is 9. The summed E-state index contributed by atoms with van der Waals surface area (Å²) in [6, 6.07) is 14.4. The van der Waals surface area contributed by atoms with Gasteiger partial charge < -0.3 is 15.7 Å². The molecule has 1 amide bonds. The Kier molecular flexibility index (Phi) is 8.15. The molecule has 1 unspecified atom stereocenters. The van der Waals surface area contributed by atoms with Gasteiger partial charge in [0, 0.05) is 24.0 Å². The molecule has 1 saturated carbocycles. The number of carboxylic acid groups (broad SMARTS) is 1. The highest BCUT2D eigenvalue weighted by molar-refractivity contribution is 5.94. The number of carboxylic acids is 1. The Morgan fingerprint density at radius 2 is 1.70 bits per heavy atom. The summed E-state index contributed by atoms with van der Waals surface area (Å²) in [5.74, 6) is -0.900. The van der Waals surface area contributed by atoms with Crippen molar-refractivity contribution in [3.05, 3.63) is 77.6 Å². The number of alkyl halides is 3. The Balaban J connectivity index is 1.49. The maximum absolute atomic E-state index is 12.9. The Morgan fingerprint density at radius 1 is 1.03 bits per heavy atom. The molecule has 2 aromatic carbocycles. The van der Waals surface area contributed by atoms with E-state index in [-0.39, 0.29) is 24.9 Å². The molecule has 1 heterocycles. The number of aromatic nitrogens is 2. The summed E-state index contributed by atoms with van der Waals surface area (Å²) >= 11 is 0. The van der Waals surface area contributed by atoms with Crippen LogP contribution in [0.25, 0.3) is 5.69 Å². The lowest BCUT2D eigenvalue weighted by molar-refractivity contribution is -0.138. The van der Waals surface area contributed by atoms with Crippen LogP contribution >= 0.6 is 0 Å². The number of benzene rings is 2. The second kappa shape index (κ2) is 11.5. The predicted octanol–water partition coefficient (Wildman–Crippen LogP) is 5.83. The summed E-state index contributed by atoms with van der Waals surface area (Å²) in [5.41, 5.74) is 2.04. The number of halogens is 3. The minimum absolute atomic E-state index is 0.00296. The molecular weight excluding hydrogens is 485 g/mol. The Bertz CT molecular complexity index is 1200. The number of hydrogen-bond acceptors (Lipinski definition) is 4. The van der Waals surface area contributed by atoms with E-state index >= 15 is 0 Å². The van der Waals surface area contributed by atoms with Crippen LogP contribution in [0.3, 0.4) is 0 Å². The lowest BCUT2D eigenvalue weighted by atomic mass is 9.81. The molecule has 0 radical (unpaired) electrons. The first-order valence-corrected chi connectivity index (χ1v) is 12.3. The van der Waals surface area contributed by atoms with Gasteiger partial charge in [-0.3, -0.25) is 9.59 Å². The lowest BCUT2D eigenvalue weighted by Crippen LogP contribution is -2.26. The standard InChI is InChI=1S/C27H29F3N4O3/c28-27(29,30)21-16-32-34(17-21)23-12-10-22(11-13-23)33-25(18-4-2-1-3-5-18)19-6-8-20(9-7-19)26(37)31-15-14-24(35)36/h6-13,16-18,25,33H,1-5,14-15H2,(H,31,37)(H,35,36). The van der Waals surface area contributed by atoms with Gasteiger partial charge >= 0.3 is 12.1 Å². The molecule has 1 aliphatic rings. The van der Waals surface area contributed by atoms with Crippen LogP contribution in [0.5, 0.6) is 0 Å². The van der Waals surface area contributed by atoms with Crippen molar-refractivity contribution in [1.82, 2.24) is 15.1 Å². The van der Waals surface area contributed by atoms with Gasteiger partial charge in [-0.1, -0.05) is 31.4 Å². The van der Waals surface area contributed by atoms with Gasteiger partial charge in [0.25, 0.3) is 5.91 Å². The molecule has 7 nitrogen and oxygen atoms in total. The molecule has 1 atom stereocenters. The van der Waals surface area contributed by atoms with Gasteiger partial charge in [0.1, 0.15) is 0 Å². The fourth-order valence-electron chi connectivity index (χ4n) is 4.67. The van der Waals surface area contributed by atoms with Crippen molar-refractivity contribution < 1.29 is 27.9 Å². The van der Waals surface area contributed by atoms with E-state index in [0.717, 1.165) is 49.3 Å². The van der Waals surface area contributed by atoms with E-state index in [4.69, 9.17) is 5.11 Å². The number of amides is 1. The molecule has 10 heteroatoms. The zero-order chi connectivity index (χ0) is 26.4. The molecule has 37 heavy (non-hydrogen) atoms. The maximum atomic E-state index is 12.9. The summed E-state index contributed by atoms with van der Waals surface area (Å²) in [6.07, 6.45) is 2.83. The van der Waals surface area contributed by atoms with E-state index in [1.54, 1.807) is 24.3 Å². The molecular formula is C27H29F3N4O3. The van der Waals surface area contributed by atoms with Crippen molar-refractivity contribution in [2.75, 3.05) is 11.9 Å². The van der Waals surface area contributed by atoms with Crippen LogP contribution < -0.4 is 10.6 Å². The largest absolute Gasteiger partial charge is 0.481 e. The van der Waals surface area contributed by atoms with E-state index in [1.165, 1.54) is 11.1 Å². The number of hydrogen-bond donors (Lipinski definition) is 3. The first-order chi connectivity index (χ1) is 17.7. The van der Waals surface area contributed by atoms with Crippen molar-refractivity contribution in [2.24, 2.45) is 5.92 Å². The fraction of sp³-hybridized carbons (Fsp3) is 0.370. The highest BCUT2D eigenvalue weighted by atomic mass is 19.4. The highest BCUT2D eigenvalue weighted by Gasteiger charge is 2.32. The van der Waals surface area contributed by atoms with Gasteiger partial charge in [-0.25, -0.2) is 4.68 Å². The highest BCUT2D eigenvalue weighted by Crippen LogP contribution is 2.37. The second-order valence-corrected chi connectivity index (χ2v) is 9.26. The van der Waals surface area contributed by atoms with Gasteiger partial charge in [-0.15, -0.1) is 0 Å². The van der Waals surface area contributed by atoms with Crippen LogP contribution in [0.4, 0.5) is 18.9 Å². The van der Waals surface area contributed by atoms with Gasteiger partial charge in [-0.05, 0) is 60.7 Å². The van der Waals surface area contributed by atoms with Crippen LogP contribution in [0, 0.1) is 5.92 Å². The quantitative estimate of drug-likeness (QED) is 0.334. The summed E-state index contributed by atoms with van der Waals surface area (Å²) in [6.45, 7) is 0.0637. The Hall–Kier alpha value is -3.82. The Labute approximate surface area is 212 Å². The summed E-state index contributed by atoms with van der Waals surface area (Å²) in [5, 5.41) is 18.8. The van der Waals surface area contributed by atoms with E-state index in [0.29, 0.717) is 17.2 Å². The van der Waals surface area contributed by atoms with Gasteiger partial charge in [0.15, 0.2) is 0 Å². The van der Waals surface area contributed by atoms with Gasteiger partial charge in [0.2, 0.25) is 0 Å². The van der Waals surface area contributed by atoms with Crippen molar-refractivity contribution in [3.63, 3.8) is 0 Å². The third-order valence-corrected chi connectivity index (χ3v) is 6.64. The van der Waals surface area contributed by atoms with Crippen molar-refractivity contribution in [1.29, 1.82) is 0 Å². The molecule has 3 N–H and O–H groups in total. The average Bonchev–Trinajstić information content (AvgIpc) is 3.39. The van der Waals surface area contributed by atoms with Crippen molar-refractivity contribution in [3.8, 4) is 5.69 Å². The first kappa shape index (κ1) is 26.2. The monoisotopic (exact) mass is 514 g/mol. The van der Waals surface area contributed by atoms with Crippen molar-refractivity contribution >= 4 is 17.6 Å². The number of anilines is 1. The summed E-state index contributed by atoms with van der Waals surface area (Å²) in [4.78, 5) is 23.0. The molecule has 0 spiro atoms. The van der Waals surface area contributed by atoms with Gasteiger partial charge in [0.05, 0.1) is 29.9 Å². The van der Waals surface area contributed by atoms with E-state index in [2.05, 4.69) is 15.7 Å². The van der Waals surface area contributed by atoms with E-state index in [1.807, 2.05) is 24.3 Å². The van der Waals surface area contributed by atoms with Crippen molar-refractivity contribution in [2.45, 2.75) is 50.7 Å². The van der Waals surface area contributed by atoms with E-state index < -0.39 is 17.7 Å². The molecule has 4 rings (SSSR count). The molecule has 0 bridgehead atoms. The van der Waals surface area contributed by atoms with Crippen LogP contribution in [0.2, 0.25) is 0 Å². The number of nitrogens with zero attached hydrogens (tertiary/aromatic N) is 2. The SMILES string of the molecule is O=C(O)CCNC(=O)c1ccc(C(Nc2ccc(-n3cc(C(F)(F)F)cn3)cc2)C2CCCCC2)cc1. The smallest absolute Gasteiger partial charge is 0.419 e. The lowest BCUT2D eigenvalue weighted by Gasteiger charge is -2.32. The van der Waals surface area contributed by atoms with Gasteiger partial charge in [-0.2, -0.15) is 18.3 Å². The minimum atomic E-state index is -4.44. The molecule has 1 fully saturated rings. The number of carbonyl (C=O) groups is 2. The number of nitrogens with one attached hydrogen (secondary N) is 2. The normalized spacial score (nSPS) is 15.2. The summed E-state index contributed by atoms with van der Waals surface area (Å²) < 4.78 is 39.9. The first-order valence-electron chi connectivity index (χ1n) is 12.3. The predicted molar refractivity (Wildman–Crippen MR) is 133 cm³/mol. The molecule has 0 saturated heterocycles. The van der Waals surface area contributed by atoms with E-state index in [9.17, 15) is 22.8 Å². The topological polar surface area (TPSA) is 96.3 Å². The third kappa shape index (κ3) is 6.90. The molecule has 3 aromatic rings. The zero-order valence-corrected chi connectivity index (χ0v) is 20.2. The molecule has 1 aliphatic carbocycles. The van der Waals surface area contributed by atoms with Crippen LogP contribution in [-0.4, -0.2) is 33.3 Å². The van der Waals surface area contributed by atoms with Crippen LogP contribution in [0.15, 0.2) is 60.9 Å².